The van der Waals surface area contributed by atoms with Crippen molar-refractivity contribution in [1.29, 1.82) is 0 Å². The Kier molecular flexibility index (Phi) is 5.69. The number of nitrogen functional groups attached to an aromatic ring is 1. The number of nitrogens with zero attached hydrogens (tertiary/aromatic N) is 2. The maximum atomic E-state index is 8.86. The van der Waals surface area contributed by atoms with Crippen LogP contribution in [0.4, 0.5) is 5.82 Å². The van der Waals surface area contributed by atoms with Gasteiger partial charge in [0.25, 0.3) is 0 Å². The third-order valence-electron chi connectivity index (χ3n) is 5.27. The molecule has 0 spiro atoms. The van der Waals surface area contributed by atoms with Crippen LogP contribution in [0.5, 0.6) is 0 Å². The fraction of sp³-hybridized carbons (Fsp3) is 0.250. The highest BCUT2D eigenvalue weighted by molar-refractivity contribution is 6.09. The lowest BCUT2D eigenvalue weighted by Crippen LogP contribution is -2.17. The van der Waals surface area contributed by atoms with E-state index in [1.807, 2.05) is 6.20 Å². The minimum Gasteiger partial charge on any atom is -0.395 e. The van der Waals surface area contributed by atoms with Gasteiger partial charge in [-0.1, -0.05) is 36.4 Å². The van der Waals surface area contributed by atoms with Crippen molar-refractivity contribution < 1.29 is 5.11 Å². The number of benzene rings is 2. The number of aryl methyl sites for hydroxylation is 3. The zero-order chi connectivity index (χ0) is 20.2. The van der Waals surface area contributed by atoms with Gasteiger partial charge in [-0.15, -0.1) is 0 Å². The van der Waals surface area contributed by atoms with Crippen molar-refractivity contribution >= 4 is 27.6 Å². The molecule has 2 aromatic heterocycles. The zero-order valence-electron chi connectivity index (χ0n) is 16.7. The Morgan fingerprint density at radius 3 is 2.59 bits per heavy atom. The number of nitrogens with one attached hydrogen (secondary N) is 1. The van der Waals surface area contributed by atoms with Crippen LogP contribution in [0.2, 0.25) is 0 Å². The van der Waals surface area contributed by atoms with Crippen LogP contribution in [-0.4, -0.2) is 28.2 Å². The topological polar surface area (TPSA) is 84.1 Å². The van der Waals surface area contributed by atoms with E-state index in [9.17, 15) is 0 Å². The molecule has 0 unspecified atom stereocenters. The molecule has 4 rings (SSSR count). The van der Waals surface area contributed by atoms with Crippen LogP contribution in [0, 0.1) is 6.92 Å². The van der Waals surface area contributed by atoms with Gasteiger partial charge in [0.15, 0.2) is 5.82 Å². The Bertz CT molecular complexity index is 1140. The van der Waals surface area contributed by atoms with E-state index >= 15 is 0 Å². The average Bonchev–Trinajstić information content (AvgIpc) is 2.73. The molecule has 0 amide bonds. The van der Waals surface area contributed by atoms with Gasteiger partial charge in [-0.25, -0.2) is 4.98 Å². The maximum absolute atomic E-state index is 8.86. The summed E-state index contributed by atoms with van der Waals surface area (Å²) in [6.07, 6.45) is 3.68. The summed E-state index contributed by atoms with van der Waals surface area (Å²) in [7, 11) is 0. The maximum Gasteiger partial charge on any atom is 0.150 e. The zero-order valence-corrected chi connectivity index (χ0v) is 16.7. The Hall–Kier alpha value is -3.02. The molecule has 0 fully saturated rings. The lowest BCUT2D eigenvalue weighted by atomic mass is 9.98. The van der Waals surface area contributed by atoms with E-state index in [1.165, 1.54) is 22.3 Å². The molecular weight excluding hydrogens is 360 g/mol. The van der Waals surface area contributed by atoms with Crippen LogP contribution < -0.4 is 11.1 Å². The Labute approximate surface area is 170 Å². The predicted molar refractivity (Wildman–Crippen MR) is 119 cm³/mol. The fourth-order valence-electron chi connectivity index (χ4n) is 3.75. The SMILES string of the molecule is Cc1ccc2c(c1)nc(N)c1nccc(CCc3ccc(CNCCO)cc3)c12. The first-order valence-electron chi connectivity index (χ1n) is 9.98. The molecule has 0 bridgehead atoms. The number of hydrogen-bond acceptors (Lipinski definition) is 5. The smallest absolute Gasteiger partial charge is 0.150 e. The number of aliphatic hydroxyl groups excluding tert-OH is 1. The molecule has 5 nitrogen and oxygen atoms in total. The first kappa shape index (κ1) is 19.3. The van der Waals surface area contributed by atoms with Gasteiger partial charge in [0, 0.05) is 30.1 Å². The van der Waals surface area contributed by atoms with Crippen LogP contribution in [0.15, 0.2) is 54.7 Å². The summed E-state index contributed by atoms with van der Waals surface area (Å²) >= 11 is 0. The molecule has 0 aliphatic carbocycles. The van der Waals surface area contributed by atoms with Gasteiger partial charge in [-0.3, -0.25) is 4.98 Å². The van der Waals surface area contributed by atoms with Crippen LogP contribution in [0.3, 0.4) is 0 Å². The van der Waals surface area contributed by atoms with E-state index < -0.39 is 0 Å². The van der Waals surface area contributed by atoms with Gasteiger partial charge in [-0.05, 0) is 54.2 Å². The molecule has 4 N–H and O–H groups in total. The standard InChI is InChI=1S/C24H26N4O/c1-16-2-9-20-21(14-16)28-24(25)23-22(20)19(10-11-27-23)8-7-17-3-5-18(6-4-17)15-26-12-13-29/h2-6,9-11,14,26,29H,7-8,12-13,15H2,1H3,(H2,25,28). The first-order valence-corrected chi connectivity index (χ1v) is 9.98. The molecular formula is C24H26N4O. The molecule has 0 atom stereocenters. The first-order chi connectivity index (χ1) is 14.2. The fourth-order valence-corrected chi connectivity index (χ4v) is 3.75. The summed E-state index contributed by atoms with van der Waals surface area (Å²) < 4.78 is 0. The molecule has 5 heteroatoms. The van der Waals surface area contributed by atoms with E-state index in [4.69, 9.17) is 10.8 Å². The highest BCUT2D eigenvalue weighted by atomic mass is 16.3. The number of aromatic nitrogens is 2. The van der Waals surface area contributed by atoms with Gasteiger partial charge >= 0.3 is 0 Å². The van der Waals surface area contributed by atoms with Crippen LogP contribution >= 0.6 is 0 Å². The third-order valence-corrected chi connectivity index (χ3v) is 5.27. The molecule has 2 heterocycles. The second kappa shape index (κ2) is 8.55. The molecule has 0 aliphatic heterocycles. The summed E-state index contributed by atoms with van der Waals surface area (Å²) in [5, 5.41) is 14.3. The van der Waals surface area contributed by atoms with Crippen molar-refractivity contribution in [2.75, 3.05) is 18.9 Å². The predicted octanol–water partition coefficient (Wildman–Crippen LogP) is 3.54. The Morgan fingerprint density at radius 1 is 1.00 bits per heavy atom. The highest BCUT2D eigenvalue weighted by Gasteiger charge is 2.11. The van der Waals surface area contributed by atoms with Gasteiger partial charge in [0.2, 0.25) is 0 Å². The summed E-state index contributed by atoms with van der Waals surface area (Å²) in [5.41, 5.74) is 12.8. The number of nitrogens with two attached hydrogens (primary N) is 1. The number of anilines is 1. The Morgan fingerprint density at radius 2 is 1.79 bits per heavy atom. The van der Waals surface area contributed by atoms with Crippen LogP contribution in [0.1, 0.15) is 22.3 Å². The van der Waals surface area contributed by atoms with Crippen molar-refractivity contribution in [3.05, 3.63) is 77.0 Å². The number of aliphatic hydroxyl groups is 1. The van der Waals surface area contributed by atoms with E-state index in [0.29, 0.717) is 12.4 Å². The summed E-state index contributed by atoms with van der Waals surface area (Å²) in [6.45, 7) is 3.61. The van der Waals surface area contributed by atoms with Crippen molar-refractivity contribution in [2.24, 2.45) is 0 Å². The number of hydrogen-bond donors (Lipinski definition) is 3. The van der Waals surface area contributed by atoms with E-state index in [1.54, 1.807) is 0 Å². The summed E-state index contributed by atoms with van der Waals surface area (Å²) in [4.78, 5) is 9.06. The molecule has 0 radical (unpaired) electrons. The van der Waals surface area contributed by atoms with Crippen molar-refractivity contribution in [3.8, 4) is 0 Å². The van der Waals surface area contributed by atoms with E-state index in [2.05, 4.69) is 70.7 Å². The lowest BCUT2D eigenvalue weighted by Gasteiger charge is -2.11. The molecule has 29 heavy (non-hydrogen) atoms. The van der Waals surface area contributed by atoms with Crippen molar-refractivity contribution in [1.82, 2.24) is 15.3 Å². The van der Waals surface area contributed by atoms with E-state index in [-0.39, 0.29) is 6.61 Å². The minimum atomic E-state index is 0.159. The van der Waals surface area contributed by atoms with Gasteiger partial charge in [0.05, 0.1) is 12.1 Å². The number of rotatable bonds is 7. The number of fused-ring (bicyclic) bond motifs is 3. The highest BCUT2D eigenvalue weighted by Crippen LogP contribution is 2.30. The number of pyridine rings is 2. The van der Waals surface area contributed by atoms with Gasteiger partial charge in [-0.2, -0.15) is 0 Å². The van der Waals surface area contributed by atoms with Gasteiger partial charge in [0.1, 0.15) is 5.52 Å². The molecule has 4 aromatic rings. The second-order valence-electron chi connectivity index (χ2n) is 7.43. The third kappa shape index (κ3) is 4.21. The van der Waals surface area contributed by atoms with Crippen LogP contribution in [-0.2, 0) is 19.4 Å². The Balaban J connectivity index is 1.60. The normalized spacial score (nSPS) is 11.4. The molecule has 0 aliphatic rings. The molecule has 2 aromatic carbocycles. The van der Waals surface area contributed by atoms with Gasteiger partial charge < -0.3 is 16.2 Å². The monoisotopic (exact) mass is 386 g/mol. The quantitative estimate of drug-likeness (QED) is 0.334. The average molecular weight is 386 g/mol. The van der Waals surface area contributed by atoms with Crippen molar-refractivity contribution in [2.45, 2.75) is 26.3 Å². The van der Waals surface area contributed by atoms with Crippen LogP contribution in [0.25, 0.3) is 21.8 Å². The minimum absolute atomic E-state index is 0.159. The lowest BCUT2D eigenvalue weighted by molar-refractivity contribution is 0.292. The van der Waals surface area contributed by atoms with Crippen molar-refractivity contribution in [3.63, 3.8) is 0 Å². The molecule has 0 saturated heterocycles. The summed E-state index contributed by atoms with van der Waals surface area (Å²) in [6, 6.07) is 17.0. The molecule has 148 valence electrons. The summed E-state index contributed by atoms with van der Waals surface area (Å²) in [5.74, 6) is 0.486. The second-order valence-corrected chi connectivity index (χ2v) is 7.43. The van der Waals surface area contributed by atoms with E-state index in [0.717, 1.165) is 41.2 Å². The molecule has 0 saturated carbocycles. The largest absolute Gasteiger partial charge is 0.395 e.